The minimum absolute atomic E-state index is 0.492. The number of anilines is 1. The van der Waals surface area contributed by atoms with Gasteiger partial charge in [0.2, 0.25) is 5.65 Å². The van der Waals surface area contributed by atoms with E-state index in [4.69, 9.17) is 0 Å². The van der Waals surface area contributed by atoms with E-state index < -0.39 is 0 Å². The van der Waals surface area contributed by atoms with Gasteiger partial charge in [-0.2, -0.15) is 9.61 Å². The van der Waals surface area contributed by atoms with Crippen LogP contribution in [0.1, 0.15) is 24.1 Å². The Morgan fingerprint density at radius 2 is 2.00 bits per heavy atom. The molecule has 1 fully saturated rings. The van der Waals surface area contributed by atoms with Gasteiger partial charge in [-0.05, 0) is 46.3 Å². The summed E-state index contributed by atoms with van der Waals surface area (Å²) in [6, 6.07) is 0.492. The Morgan fingerprint density at radius 3 is 2.70 bits per heavy atom. The second kappa shape index (κ2) is 6.80. The SMILES string of the molecule is Cc1nn2cnnc2c(NC2CCN(CCN(C)C)CC2)c1C. The molecule has 1 saturated heterocycles. The highest BCUT2D eigenvalue weighted by molar-refractivity contribution is 5.71. The Labute approximate surface area is 137 Å². The van der Waals surface area contributed by atoms with Gasteiger partial charge in [0.05, 0.1) is 11.4 Å². The van der Waals surface area contributed by atoms with E-state index in [-0.39, 0.29) is 0 Å². The van der Waals surface area contributed by atoms with Gasteiger partial charge in [-0.3, -0.25) is 0 Å². The molecule has 1 N–H and O–H groups in total. The molecule has 0 amide bonds. The fourth-order valence-electron chi connectivity index (χ4n) is 3.07. The van der Waals surface area contributed by atoms with Crippen LogP contribution in [0.3, 0.4) is 0 Å². The third kappa shape index (κ3) is 3.61. The lowest BCUT2D eigenvalue weighted by Crippen LogP contribution is -2.42. The Hall–Kier alpha value is -1.73. The van der Waals surface area contributed by atoms with Crippen molar-refractivity contribution in [3.63, 3.8) is 0 Å². The van der Waals surface area contributed by atoms with Gasteiger partial charge in [0.25, 0.3) is 0 Å². The van der Waals surface area contributed by atoms with E-state index in [0.29, 0.717) is 6.04 Å². The monoisotopic (exact) mass is 317 g/mol. The lowest BCUT2D eigenvalue weighted by Gasteiger charge is -2.33. The summed E-state index contributed by atoms with van der Waals surface area (Å²) in [4.78, 5) is 4.80. The molecule has 0 aromatic carbocycles. The van der Waals surface area contributed by atoms with E-state index in [1.54, 1.807) is 10.8 Å². The van der Waals surface area contributed by atoms with Crippen LogP contribution in [0.15, 0.2) is 6.33 Å². The normalized spacial score (nSPS) is 17.3. The first-order valence-electron chi connectivity index (χ1n) is 8.35. The number of likely N-dealkylation sites (N-methyl/N-ethyl adjacent to an activating group) is 1. The Balaban J connectivity index is 1.65. The highest BCUT2D eigenvalue weighted by Crippen LogP contribution is 2.24. The average molecular weight is 317 g/mol. The minimum Gasteiger partial charge on any atom is -0.379 e. The summed E-state index contributed by atoms with van der Waals surface area (Å²) in [7, 11) is 4.26. The van der Waals surface area contributed by atoms with E-state index in [1.165, 1.54) is 5.56 Å². The first-order chi connectivity index (χ1) is 11.0. The van der Waals surface area contributed by atoms with Gasteiger partial charge in [-0.25, -0.2) is 0 Å². The van der Waals surface area contributed by atoms with Gasteiger partial charge in [-0.15, -0.1) is 10.2 Å². The zero-order chi connectivity index (χ0) is 16.4. The van der Waals surface area contributed by atoms with Gasteiger partial charge < -0.3 is 15.1 Å². The number of likely N-dealkylation sites (tertiary alicyclic amines) is 1. The molecule has 7 heteroatoms. The van der Waals surface area contributed by atoms with Crippen LogP contribution in [0.5, 0.6) is 0 Å². The summed E-state index contributed by atoms with van der Waals surface area (Å²) in [5.74, 6) is 0. The summed E-state index contributed by atoms with van der Waals surface area (Å²) in [5, 5.41) is 16.4. The number of aryl methyl sites for hydroxylation is 1. The average Bonchev–Trinajstić information content (AvgIpc) is 2.98. The maximum Gasteiger partial charge on any atom is 0.200 e. The Bertz CT molecular complexity index is 656. The van der Waals surface area contributed by atoms with Crippen LogP contribution >= 0.6 is 0 Å². The largest absolute Gasteiger partial charge is 0.379 e. The molecule has 1 aliphatic heterocycles. The number of rotatable bonds is 5. The standard InChI is InChI=1S/C16H27N7/c1-12-13(2)20-23-11-17-19-16(23)15(12)18-14-5-7-22(8-6-14)10-9-21(3)4/h11,14,18H,5-10H2,1-4H3. The van der Waals surface area contributed by atoms with E-state index in [9.17, 15) is 0 Å². The van der Waals surface area contributed by atoms with E-state index in [2.05, 4.69) is 51.4 Å². The summed E-state index contributed by atoms with van der Waals surface area (Å²) in [6.07, 6.45) is 3.99. The van der Waals surface area contributed by atoms with Gasteiger partial charge in [0, 0.05) is 32.2 Å². The molecule has 0 bridgehead atoms. The molecule has 0 saturated carbocycles. The highest BCUT2D eigenvalue weighted by atomic mass is 15.3. The molecular formula is C16H27N7. The first kappa shape index (κ1) is 16.1. The maximum absolute atomic E-state index is 4.48. The topological polar surface area (TPSA) is 61.6 Å². The fourth-order valence-corrected chi connectivity index (χ4v) is 3.07. The predicted molar refractivity (Wildman–Crippen MR) is 91.9 cm³/mol. The number of nitrogens with one attached hydrogen (secondary N) is 1. The van der Waals surface area contributed by atoms with Crippen molar-refractivity contribution < 1.29 is 0 Å². The molecule has 0 spiro atoms. The van der Waals surface area contributed by atoms with Crippen molar-refractivity contribution in [3.8, 4) is 0 Å². The molecular weight excluding hydrogens is 290 g/mol. The number of piperidine rings is 1. The lowest BCUT2D eigenvalue weighted by molar-refractivity contribution is 0.199. The molecule has 1 aliphatic rings. The van der Waals surface area contributed by atoms with Crippen LogP contribution < -0.4 is 5.32 Å². The van der Waals surface area contributed by atoms with Gasteiger partial charge >= 0.3 is 0 Å². The molecule has 0 unspecified atom stereocenters. The smallest absolute Gasteiger partial charge is 0.200 e. The molecule has 126 valence electrons. The quantitative estimate of drug-likeness (QED) is 0.893. The molecule has 7 nitrogen and oxygen atoms in total. The second-order valence-electron chi connectivity index (χ2n) is 6.75. The zero-order valence-corrected chi connectivity index (χ0v) is 14.6. The minimum atomic E-state index is 0.492. The third-order valence-electron chi connectivity index (χ3n) is 4.73. The lowest BCUT2D eigenvalue weighted by atomic mass is 10.0. The molecule has 23 heavy (non-hydrogen) atoms. The first-order valence-corrected chi connectivity index (χ1v) is 8.35. The molecule has 0 atom stereocenters. The van der Waals surface area contributed by atoms with Crippen LogP contribution in [0.4, 0.5) is 5.69 Å². The number of aromatic nitrogens is 4. The van der Waals surface area contributed by atoms with Crippen molar-refractivity contribution in [2.45, 2.75) is 32.7 Å². The van der Waals surface area contributed by atoms with Crippen molar-refractivity contribution in [2.24, 2.45) is 0 Å². The highest BCUT2D eigenvalue weighted by Gasteiger charge is 2.21. The summed E-state index contributed by atoms with van der Waals surface area (Å²) < 4.78 is 1.76. The number of hydrogen-bond donors (Lipinski definition) is 1. The van der Waals surface area contributed by atoms with Crippen molar-refractivity contribution in [2.75, 3.05) is 45.6 Å². The second-order valence-corrected chi connectivity index (χ2v) is 6.75. The van der Waals surface area contributed by atoms with E-state index >= 15 is 0 Å². The number of nitrogens with zero attached hydrogens (tertiary/aromatic N) is 6. The molecule has 2 aromatic heterocycles. The van der Waals surface area contributed by atoms with Gasteiger partial charge in [0.15, 0.2) is 0 Å². The number of hydrogen-bond acceptors (Lipinski definition) is 6. The molecule has 2 aromatic rings. The van der Waals surface area contributed by atoms with Crippen LogP contribution in [-0.4, -0.2) is 75.9 Å². The summed E-state index contributed by atoms with van der Waals surface area (Å²) >= 11 is 0. The van der Waals surface area contributed by atoms with Gasteiger partial charge in [-0.1, -0.05) is 0 Å². The third-order valence-corrected chi connectivity index (χ3v) is 4.73. The maximum atomic E-state index is 4.48. The van der Waals surface area contributed by atoms with E-state index in [0.717, 1.165) is 56.0 Å². The Kier molecular flexibility index (Phi) is 4.77. The van der Waals surface area contributed by atoms with Crippen LogP contribution in [0, 0.1) is 13.8 Å². The molecule has 0 radical (unpaired) electrons. The van der Waals surface area contributed by atoms with Crippen LogP contribution in [-0.2, 0) is 0 Å². The molecule has 0 aliphatic carbocycles. The fraction of sp³-hybridized carbons (Fsp3) is 0.688. The van der Waals surface area contributed by atoms with Gasteiger partial charge in [0.1, 0.15) is 6.33 Å². The van der Waals surface area contributed by atoms with Crippen molar-refractivity contribution >= 4 is 11.3 Å². The van der Waals surface area contributed by atoms with Crippen molar-refractivity contribution in [1.29, 1.82) is 0 Å². The summed E-state index contributed by atoms with van der Waals surface area (Å²) in [6.45, 7) is 8.72. The Morgan fingerprint density at radius 1 is 1.26 bits per heavy atom. The predicted octanol–water partition coefficient (Wildman–Crippen LogP) is 1.18. The summed E-state index contributed by atoms with van der Waals surface area (Å²) in [5.41, 5.74) is 4.09. The van der Waals surface area contributed by atoms with Crippen molar-refractivity contribution in [1.82, 2.24) is 29.6 Å². The number of fused-ring (bicyclic) bond motifs is 1. The molecule has 3 rings (SSSR count). The van der Waals surface area contributed by atoms with Crippen LogP contribution in [0.2, 0.25) is 0 Å². The molecule has 3 heterocycles. The van der Waals surface area contributed by atoms with E-state index in [1.807, 2.05) is 6.92 Å². The zero-order valence-electron chi connectivity index (χ0n) is 14.6. The van der Waals surface area contributed by atoms with Crippen molar-refractivity contribution in [3.05, 3.63) is 17.6 Å². The van der Waals surface area contributed by atoms with Crippen LogP contribution in [0.25, 0.3) is 5.65 Å².